The number of nitrogens with one attached hydrogen (secondary N) is 1. The average molecular weight is 380 g/mol. The molecule has 1 heterocycles. The number of hydrogen-bond donors (Lipinski definition) is 2. The standard InChI is InChI=1S/C22H25N3OS/c1-15(20(23)17-9-5-3-6-10-17)22(26)24-14-13-19-25-21(16(2)27-19)18-11-7-4-8-12-18/h3-12,15,20H,13-14,23H2,1-2H3,(H,24,26). The van der Waals surface area contributed by atoms with Crippen molar-refractivity contribution in [2.45, 2.75) is 26.3 Å². The summed E-state index contributed by atoms with van der Waals surface area (Å²) >= 11 is 1.69. The molecule has 0 aliphatic carbocycles. The lowest BCUT2D eigenvalue weighted by Crippen LogP contribution is -2.36. The van der Waals surface area contributed by atoms with Crippen LogP contribution in [0.3, 0.4) is 0 Å². The molecule has 0 saturated carbocycles. The van der Waals surface area contributed by atoms with E-state index < -0.39 is 0 Å². The van der Waals surface area contributed by atoms with E-state index in [0.29, 0.717) is 6.54 Å². The molecule has 5 heteroatoms. The van der Waals surface area contributed by atoms with Crippen molar-refractivity contribution in [3.05, 3.63) is 76.1 Å². The maximum absolute atomic E-state index is 12.4. The quantitative estimate of drug-likeness (QED) is 0.649. The lowest BCUT2D eigenvalue weighted by atomic mass is 9.95. The minimum absolute atomic E-state index is 0.0251. The topological polar surface area (TPSA) is 68.0 Å². The van der Waals surface area contributed by atoms with Crippen molar-refractivity contribution < 1.29 is 4.79 Å². The third kappa shape index (κ3) is 4.81. The maximum atomic E-state index is 12.4. The summed E-state index contributed by atoms with van der Waals surface area (Å²) in [5.41, 5.74) is 9.37. The highest BCUT2D eigenvalue weighted by molar-refractivity contribution is 7.12. The van der Waals surface area contributed by atoms with Crippen molar-refractivity contribution in [2.75, 3.05) is 6.54 Å². The number of benzene rings is 2. The molecule has 0 bridgehead atoms. The second-order valence-corrected chi connectivity index (χ2v) is 7.93. The van der Waals surface area contributed by atoms with Gasteiger partial charge in [-0.25, -0.2) is 4.98 Å². The Balaban J connectivity index is 1.54. The van der Waals surface area contributed by atoms with E-state index in [1.165, 1.54) is 4.88 Å². The zero-order chi connectivity index (χ0) is 19.2. The molecule has 2 unspecified atom stereocenters. The summed E-state index contributed by atoms with van der Waals surface area (Å²) in [6.45, 7) is 4.52. The summed E-state index contributed by atoms with van der Waals surface area (Å²) in [5.74, 6) is -0.312. The molecule has 0 saturated heterocycles. The van der Waals surface area contributed by atoms with Crippen LogP contribution in [-0.2, 0) is 11.2 Å². The zero-order valence-corrected chi connectivity index (χ0v) is 16.5. The smallest absolute Gasteiger partial charge is 0.224 e. The Morgan fingerprint density at radius 1 is 1.11 bits per heavy atom. The summed E-state index contributed by atoms with van der Waals surface area (Å²) in [6, 6.07) is 19.6. The van der Waals surface area contributed by atoms with Crippen molar-refractivity contribution in [3.63, 3.8) is 0 Å². The predicted octanol–water partition coefficient (Wildman–Crippen LogP) is 4.11. The van der Waals surface area contributed by atoms with E-state index in [0.717, 1.165) is 28.2 Å². The molecule has 4 nitrogen and oxygen atoms in total. The Hall–Kier alpha value is -2.50. The number of rotatable bonds is 7. The molecule has 0 radical (unpaired) electrons. The first-order valence-electron chi connectivity index (χ1n) is 9.16. The van der Waals surface area contributed by atoms with Crippen LogP contribution in [0.25, 0.3) is 11.3 Å². The van der Waals surface area contributed by atoms with E-state index in [4.69, 9.17) is 10.7 Å². The fourth-order valence-corrected chi connectivity index (χ4v) is 3.96. The van der Waals surface area contributed by atoms with Crippen LogP contribution < -0.4 is 11.1 Å². The van der Waals surface area contributed by atoms with Gasteiger partial charge in [-0.05, 0) is 12.5 Å². The molecular weight excluding hydrogens is 354 g/mol. The van der Waals surface area contributed by atoms with Crippen LogP contribution in [0.5, 0.6) is 0 Å². The minimum atomic E-state index is -0.307. The molecule has 0 spiro atoms. The number of aromatic nitrogens is 1. The van der Waals surface area contributed by atoms with E-state index >= 15 is 0 Å². The van der Waals surface area contributed by atoms with Crippen molar-refractivity contribution in [1.82, 2.24) is 10.3 Å². The first kappa shape index (κ1) is 19.3. The van der Waals surface area contributed by atoms with Gasteiger partial charge < -0.3 is 11.1 Å². The van der Waals surface area contributed by atoms with Crippen molar-refractivity contribution in [1.29, 1.82) is 0 Å². The summed E-state index contributed by atoms with van der Waals surface area (Å²) in [6.07, 6.45) is 0.720. The highest BCUT2D eigenvalue weighted by atomic mass is 32.1. The Morgan fingerprint density at radius 2 is 1.74 bits per heavy atom. The van der Waals surface area contributed by atoms with Gasteiger partial charge in [0.25, 0.3) is 0 Å². The van der Waals surface area contributed by atoms with E-state index in [1.54, 1.807) is 11.3 Å². The second kappa shape index (κ2) is 8.93. The Morgan fingerprint density at radius 3 is 2.41 bits per heavy atom. The molecule has 140 valence electrons. The fraction of sp³-hybridized carbons (Fsp3) is 0.273. The number of amides is 1. The molecule has 1 amide bonds. The molecule has 0 aliphatic heterocycles. The maximum Gasteiger partial charge on any atom is 0.224 e. The Kier molecular flexibility index (Phi) is 6.37. The number of carbonyl (C=O) groups is 1. The van der Waals surface area contributed by atoms with E-state index in [-0.39, 0.29) is 17.9 Å². The lowest BCUT2D eigenvalue weighted by molar-refractivity contribution is -0.125. The highest BCUT2D eigenvalue weighted by Crippen LogP contribution is 2.27. The molecule has 27 heavy (non-hydrogen) atoms. The average Bonchev–Trinajstić information content (AvgIpc) is 3.08. The number of thiazole rings is 1. The van der Waals surface area contributed by atoms with Gasteiger partial charge in [0.05, 0.1) is 16.6 Å². The van der Waals surface area contributed by atoms with Gasteiger partial charge in [-0.15, -0.1) is 11.3 Å². The molecule has 0 fully saturated rings. The van der Waals surface area contributed by atoms with Gasteiger partial charge in [-0.2, -0.15) is 0 Å². The van der Waals surface area contributed by atoms with Gasteiger partial charge in [-0.3, -0.25) is 4.79 Å². The molecule has 1 aromatic heterocycles. The monoisotopic (exact) mass is 379 g/mol. The Bertz CT molecular complexity index is 877. The summed E-state index contributed by atoms with van der Waals surface area (Å²) < 4.78 is 0. The number of aryl methyl sites for hydroxylation is 1. The summed E-state index contributed by atoms with van der Waals surface area (Å²) in [4.78, 5) is 18.4. The highest BCUT2D eigenvalue weighted by Gasteiger charge is 2.21. The molecule has 0 aliphatic rings. The summed E-state index contributed by atoms with van der Waals surface area (Å²) in [5, 5.41) is 4.03. The number of nitrogens with two attached hydrogens (primary N) is 1. The van der Waals surface area contributed by atoms with Gasteiger partial charge >= 0.3 is 0 Å². The number of nitrogens with zero attached hydrogens (tertiary/aromatic N) is 1. The van der Waals surface area contributed by atoms with Crippen molar-refractivity contribution in [2.24, 2.45) is 11.7 Å². The van der Waals surface area contributed by atoms with Gasteiger partial charge in [-0.1, -0.05) is 67.6 Å². The van der Waals surface area contributed by atoms with Gasteiger partial charge in [0.2, 0.25) is 5.91 Å². The van der Waals surface area contributed by atoms with E-state index in [2.05, 4.69) is 24.4 Å². The third-order valence-electron chi connectivity index (χ3n) is 4.66. The molecule has 2 aromatic carbocycles. The molecule has 2 atom stereocenters. The van der Waals surface area contributed by atoms with Crippen LogP contribution in [0.15, 0.2) is 60.7 Å². The van der Waals surface area contributed by atoms with Crippen LogP contribution in [0.1, 0.15) is 28.4 Å². The number of hydrogen-bond acceptors (Lipinski definition) is 4. The first-order valence-corrected chi connectivity index (χ1v) is 9.98. The molecule has 3 aromatic rings. The minimum Gasteiger partial charge on any atom is -0.355 e. The third-order valence-corrected chi connectivity index (χ3v) is 5.69. The van der Waals surface area contributed by atoms with Gasteiger partial charge in [0.15, 0.2) is 0 Å². The van der Waals surface area contributed by atoms with Crippen LogP contribution in [-0.4, -0.2) is 17.4 Å². The SMILES string of the molecule is Cc1sc(CCNC(=O)C(C)C(N)c2ccccc2)nc1-c1ccccc1. The van der Waals surface area contributed by atoms with E-state index in [1.807, 2.05) is 55.5 Å². The number of carbonyl (C=O) groups excluding carboxylic acids is 1. The largest absolute Gasteiger partial charge is 0.355 e. The normalized spacial score (nSPS) is 13.1. The lowest BCUT2D eigenvalue weighted by Gasteiger charge is -2.19. The van der Waals surface area contributed by atoms with Crippen LogP contribution >= 0.6 is 11.3 Å². The Labute approximate surface area is 164 Å². The fourth-order valence-electron chi connectivity index (χ4n) is 3.00. The predicted molar refractivity (Wildman–Crippen MR) is 112 cm³/mol. The van der Waals surface area contributed by atoms with Crippen molar-refractivity contribution in [3.8, 4) is 11.3 Å². The van der Waals surface area contributed by atoms with E-state index in [9.17, 15) is 4.79 Å². The molecule has 3 rings (SSSR count). The molecule has 3 N–H and O–H groups in total. The van der Waals surface area contributed by atoms with Gasteiger partial charge in [0, 0.05) is 29.4 Å². The zero-order valence-electron chi connectivity index (χ0n) is 15.7. The van der Waals surface area contributed by atoms with Crippen LogP contribution in [0, 0.1) is 12.8 Å². The molecular formula is C22H25N3OS. The van der Waals surface area contributed by atoms with Crippen molar-refractivity contribution >= 4 is 17.2 Å². The van der Waals surface area contributed by atoms with Gasteiger partial charge in [0.1, 0.15) is 0 Å². The van der Waals surface area contributed by atoms with Crippen LogP contribution in [0.4, 0.5) is 0 Å². The second-order valence-electron chi connectivity index (χ2n) is 6.64. The van der Waals surface area contributed by atoms with Crippen LogP contribution in [0.2, 0.25) is 0 Å². The summed E-state index contributed by atoms with van der Waals surface area (Å²) in [7, 11) is 0. The first-order chi connectivity index (χ1) is 13.1.